The van der Waals surface area contributed by atoms with Crippen LogP contribution in [0, 0.1) is 13.8 Å². The Labute approximate surface area is 157 Å². The molecular formula is C22H20N2O3. The molecule has 0 saturated heterocycles. The summed E-state index contributed by atoms with van der Waals surface area (Å²) < 4.78 is 5.29. The van der Waals surface area contributed by atoms with Crippen LogP contribution in [-0.4, -0.2) is 11.8 Å². The topological polar surface area (TPSA) is 71.3 Å². The molecule has 0 aliphatic heterocycles. The molecule has 27 heavy (non-hydrogen) atoms. The van der Waals surface area contributed by atoms with Crippen molar-refractivity contribution in [2.45, 2.75) is 13.8 Å². The highest BCUT2D eigenvalue weighted by Crippen LogP contribution is 2.18. The van der Waals surface area contributed by atoms with Gasteiger partial charge in [0.05, 0.1) is 6.26 Å². The Morgan fingerprint density at radius 3 is 2.44 bits per heavy atom. The molecule has 1 aromatic heterocycles. The molecule has 0 saturated carbocycles. The smallest absolute Gasteiger partial charge is 0.272 e. The van der Waals surface area contributed by atoms with Crippen LogP contribution in [0.25, 0.3) is 6.08 Å². The van der Waals surface area contributed by atoms with E-state index in [1.807, 2.05) is 38.1 Å². The summed E-state index contributed by atoms with van der Waals surface area (Å²) in [4.78, 5) is 25.3. The predicted octanol–water partition coefficient (Wildman–Crippen LogP) is 4.31. The summed E-state index contributed by atoms with van der Waals surface area (Å²) in [5, 5.41) is 5.53. The molecule has 2 N–H and O–H groups in total. The van der Waals surface area contributed by atoms with Gasteiger partial charge in [0.1, 0.15) is 11.5 Å². The number of hydrogen-bond acceptors (Lipinski definition) is 3. The van der Waals surface area contributed by atoms with E-state index in [2.05, 4.69) is 10.6 Å². The summed E-state index contributed by atoms with van der Waals surface area (Å²) in [5.74, 6) is -0.330. The van der Waals surface area contributed by atoms with Gasteiger partial charge in [-0.2, -0.15) is 0 Å². The number of carbonyl (C=O) groups excluding carboxylic acids is 2. The molecule has 0 bridgehead atoms. The van der Waals surface area contributed by atoms with Crippen LogP contribution < -0.4 is 10.6 Å². The molecule has 0 aliphatic rings. The minimum Gasteiger partial charge on any atom is -0.465 e. The second-order valence-electron chi connectivity index (χ2n) is 6.17. The van der Waals surface area contributed by atoms with Gasteiger partial charge < -0.3 is 15.1 Å². The number of benzene rings is 2. The Morgan fingerprint density at radius 2 is 1.74 bits per heavy atom. The normalized spacial score (nSPS) is 11.1. The van der Waals surface area contributed by atoms with Gasteiger partial charge in [0, 0.05) is 17.3 Å². The van der Waals surface area contributed by atoms with E-state index in [-0.39, 0.29) is 11.6 Å². The molecule has 136 valence electrons. The first-order valence-electron chi connectivity index (χ1n) is 8.53. The van der Waals surface area contributed by atoms with Gasteiger partial charge in [0.25, 0.3) is 11.8 Å². The molecule has 5 heteroatoms. The molecule has 2 aromatic carbocycles. The summed E-state index contributed by atoms with van der Waals surface area (Å²) in [6.07, 6.45) is 3.01. The van der Waals surface area contributed by atoms with Crippen molar-refractivity contribution in [2.24, 2.45) is 0 Å². The molecule has 0 atom stereocenters. The van der Waals surface area contributed by atoms with Crippen molar-refractivity contribution in [2.75, 3.05) is 5.32 Å². The van der Waals surface area contributed by atoms with Gasteiger partial charge in [-0.25, -0.2) is 0 Å². The van der Waals surface area contributed by atoms with Crippen molar-refractivity contribution < 1.29 is 14.0 Å². The average molecular weight is 360 g/mol. The summed E-state index contributed by atoms with van der Waals surface area (Å²) in [5.41, 5.74) is 3.21. The SMILES string of the molecule is Cc1ccc(C)c(NC(=O)/C(=C\c2ccco2)NC(=O)c2ccccc2)c1. The van der Waals surface area contributed by atoms with Gasteiger partial charge in [-0.1, -0.05) is 30.3 Å². The third-order valence-electron chi connectivity index (χ3n) is 4.00. The number of amides is 2. The molecule has 0 unspecified atom stereocenters. The van der Waals surface area contributed by atoms with E-state index in [0.717, 1.165) is 11.1 Å². The molecule has 5 nitrogen and oxygen atoms in total. The van der Waals surface area contributed by atoms with Crippen LogP contribution in [-0.2, 0) is 4.79 Å². The maximum absolute atomic E-state index is 12.8. The second kappa shape index (κ2) is 8.19. The molecule has 0 aliphatic carbocycles. The first-order valence-corrected chi connectivity index (χ1v) is 8.53. The van der Waals surface area contributed by atoms with E-state index in [0.29, 0.717) is 17.0 Å². The minimum atomic E-state index is -0.426. The van der Waals surface area contributed by atoms with Gasteiger partial charge in [-0.05, 0) is 55.3 Å². The van der Waals surface area contributed by atoms with Gasteiger partial charge in [-0.3, -0.25) is 9.59 Å². The Morgan fingerprint density at radius 1 is 0.963 bits per heavy atom. The van der Waals surface area contributed by atoms with Crippen LogP contribution in [0.2, 0.25) is 0 Å². The first kappa shape index (κ1) is 18.2. The molecule has 3 rings (SSSR count). The molecule has 0 spiro atoms. The van der Waals surface area contributed by atoms with E-state index >= 15 is 0 Å². The van der Waals surface area contributed by atoms with E-state index in [4.69, 9.17) is 4.42 Å². The van der Waals surface area contributed by atoms with Crippen LogP contribution in [0.15, 0.2) is 77.0 Å². The Balaban J connectivity index is 1.87. The largest absolute Gasteiger partial charge is 0.465 e. The number of furan rings is 1. The standard InChI is InChI=1S/C22H20N2O3/c1-15-10-11-16(2)19(13-15)23-22(26)20(14-18-9-6-12-27-18)24-21(25)17-7-4-3-5-8-17/h3-14H,1-2H3,(H,23,26)(H,24,25)/b20-14+. The molecule has 0 fully saturated rings. The highest BCUT2D eigenvalue weighted by Gasteiger charge is 2.16. The zero-order valence-electron chi connectivity index (χ0n) is 15.2. The number of carbonyl (C=O) groups is 2. The fourth-order valence-electron chi connectivity index (χ4n) is 2.52. The number of nitrogens with one attached hydrogen (secondary N) is 2. The lowest BCUT2D eigenvalue weighted by atomic mass is 10.1. The van der Waals surface area contributed by atoms with Gasteiger partial charge in [0.15, 0.2) is 0 Å². The van der Waals surface area contributed by atoms with E-state index in [1.165, 1.54) is 12.3 Å². The quantitative estimate of drug-likeness (QED) is 0.666. The van der Waals surface area contributed by atoms with E-state index in [9.17, 15) is 9.59 Å². The van der Waals surface area contributed by atoms with Crippen LogP contribution >= 0.6 is 0 Å². The predicted molar refractivity (Wildman–Crippen MR) is 105 cm³/mol. The second-order valence-corrected chi connectivity index (χ2v) is 6.17. The fraction of sp³-hybridized carbons (Fsp3) is 0.0909. The summed E-state index contributed by atoms with van der Waals surface area (Å²) >= 11 is 0. The van der Waals surface area contributed by atoms with Crippen molar-refractivity contribution in [1.29, 1.82) is 0 Å². The molecule has 2 amide bonds. The monoisotopic (exact) mass is 360 g/mol. The van der Waals surface area contributed by atoms with Crippen molar-refractivity contribution in [1.82, 2.24) is 5.32 Å². The Bertz CT molecular complexity index is 974. The van der Waals surface area contributed by atoms with Crippen molar-refractivity contribution in [3.8, 4) is 0 Å². The maximum atomic E-state index is 12.8. The van der Waals surface area contributed by atoms with Crippen LogP contribution in [0.5, 0.6) is 0 Å². The first-order chi connectivity index (χ1) is 13.0. The maximum Gasteiger partial charge on any atom is 0.272 e. The number of anilines is 1. The van der Waals surface area contributed by atoms with Crippen LogP contribution in [0.1, 0.15) is 27.2 Å². The van der Waals surface area contributed by atoms with Crippen LogP contribution in [0.3, 0.4) is 0 Å². The minimum absolute atomic E-state index is 0.0970. The van der Waals surface area contributed by atoms with E-state index in [1.54, 1.807) is 36.4 Å². The molecule has 0 radical (unpaired) electrons. The summed E-state index contributed by atoms with van der Waals surface area (Å²) in [7, 11) is 0. The third-order valence-corrected chi connectivity index (χ3v) is 4.00. The lowest BCUT2D eigenvalue weighted by molar-refractivity contribution is -0.113. The lowest BCUT2D eigenvalue weighted by Crippen LogP contribution is -2.30. The Hall–Kier alpha value is -3.60. The number of aryl methyl sites for hydroxylation is 2. The highest BCUT2D eigenvalue weighted by atomic mass is 16.3. The van der Waals surface area contributed by atoms with Crippen molar-refractivity contribution in [3.63, 3.8) is 0 Å². The molecule has 3 aromatic rings. The third kappa shape index (κ3) is 4.73. The Kier molecular flexibility index (Phi) is 5.52. The molecular weight excluding hydrogens is 340 g/mol. The van der Waals surface area contributed by atoms with Crippen molar-refractivity contribution >= 4 is 23.6 Å². The fourth-order valence-corrected chi connectivity index (χ4v) is 2.52. The average Bonchev–Trinajstić information content (AvgIpc) is 3.18. The molecule has 1 heterocycles. The van der Waals surface area contributed by atoms with E-state index < -0.39 is 5.91 Å². The zero-order chi connectivity index (χ0) is 19.2. The van der Waals surface area contributed by atoms with Crippen LogP contribution in [0.4, 0.5) is 5.69 Å². The zero-order valence-corrected chi connectivity index (χ0v) is 15.2. The van der Waals surface area contributed by atoms with Gasteiger partial charge >= 0.3 is 0 Å². The summed E-state index contributed by atoms with van der Waals surface area (Å²) in [6.45, 7) is 3.86. The van der Waals surface area contributed by atoms with Gasteiger partial charge in [-0.15, -0.1) is 0 Å². The van der Waals surface area contributed by atoms with Crippen molar-refractivity contribution in [3.05, 3.63) is 95.1 Å². The van der Waals surface area contributed by atoms with Gasteiger partial charge in [0.2, 0.25) is 0 Å². The number of rotatable bonds is 5. The lowest BCUT2D eigenvalue weighted by Gasteiger charge is -2.13. The number of hydrogen-bond donors (Lipinski definition) is 2. The highest BCUT2D eigenvalue weighted by molar-refractivity contribution is 6.10. The summed E-state index contributed by atoms with van der Waals surface area (Å²) in [6, 6.07) is 17.9.